The van der Waals surface area contributed by atoms with Gasteiger partial charge < -0.3 is 15.4 Å². The highest BCUT2D eigenvalue weighted by molar-refractivity contribution is 6.00. The molecule has 0 spiro atoms. The van der Waals surface area contributed by atoms with Gasteiger partial charge in [-0.2, -0.15) is 0 Å². The molecule has 2 unspecified atom stereocenters. The van der Waals surface area contributed by atoms with Crippen molar-refractivity contribution in [3.05, 3.63) is 53.9 Å². The van der Waals surface area contributed by atoms with Crippen molar-refractivity contribution >= 4 is 17.5 Å². The van der Waals surface area contributed by atoms with Crippen LogP contribution in [0.4, 0.5) is 5.69 Å². The molecule has 0 saturated heterocycles. The Morgan fingerprint density at radius 3 is 2.76 bits per heavy atom. The second kappa shape index (κ2) is 7.34. The number of anilines is 1. The first-order chi connectivity index (χ1) is 12.1. The van der Waals surface area contributed by atoms with Crippen LogP contribution in [0.5, 0.6) is 5.75 Å². The maximum absolute atomic E-state index is 12.4. The Labute approximate surface area is 146 Å². The zero-order valence-corrected chi connectivity index (χ0v) is 14.3. The summed E-state index contributed by atoms with van der Waals surface area (Å²) in [5.41, 5.74) is 2.59. The third kappa shape index (κ3) is 4.15. The second-order valence-electron chi connectivity index (χ2n) is 6.22. The fourth-order valence-electron chi connectivity index (χ4n) is 2.74. The molecule has 6 heteroatoms. The molecule has 1 saturated carbocycles. The van der Waals surface area contributed by atoms with E-state index >= 15 is 0 Å². The zero-order valence-electron chi connectivity index (χ0n) is 14.3. The van der Waals surface area contributed by atoms with Gasteiger partial charge in [0.1, 0.15) is 5.75 Å². The molecule has 1 aromatic heterocycles. The van der Waals surface area contributed by atoms with Crippen LogP contribution in [0.15, 0.2) is 42.7 Å². The molecule has 1 aromatic carbocycles. The first-order valence-electron chi connectivity index (χ1n) is 8.20. The van der Waals surface area contributed by atoms with Gasteiger partial charge >= 0.3 is 0 Å². The van der Waals surface area contributed by atoms with Gasteiger partial charge in [0, 0.05) is 18.9 Å². The van der Waals surface area contributed by atoms with Gasteiger partial charge in [-0.3, -0.25) is 14.6 Å². The van der Waals surface area contributed by atoms with E-state index in [0.29, 0.717) is 24.4 Å². The summed E-state index contributed by atoms with van der Waals surface area (Å²) in [5, 5.41) is 5.73. The van der Waals surface area contributed by atoms with Crippen LogP contribution in [-0.2, 0) is 16.1 Å². The quantitative estimate of drug-likeness (QED) is 0.846. The van der Waals surface area contributed by atoms with Crippen LogP contribution in [-0.4, -0.2) is 23.9 Å². The summed E-state index contributed by atoms with van der Waals surface area (Å²) in [6, 6.07) is 9.31. The normalized spacial score (nSPS) is 18.3. The minimum absolute atomic E-state index is 0.0970. The largest absolute Gasteiger partial charge is 0.495 e. The number of aryl methyl sites for hydroxylation is 1. The molecule has 1 fully saturated rings. The number of amides is 2. The van der Waals surface area contributed by atoms with Gasteiger partial charge in [0.15, 0.2) is 0 Å². The van der Waals surface area contributed by atoms with Crippen molar-refractivity contribution in [3.8, 4) is 5.75 Å². The van der Waals surface area contributed by atoms with Crippen molar-refractivity contribution in [2.75, 3.05) is 12.4 Å². The number of nitrogens with zero attached hydrogens (tertiary/aromatic N) is 1. The standard InChI is InChI=1S/C19H21N3O3/c1-12-5-6-17(25-2)16(8-12)22-19(24)15-9-14(15)18(23)21-11-13-4-3-7-20-10-13/h3-8,10,14-15H,9,11H2,1-2H3,(H,21,23)(H,22,24). The third-order valence-corrected chi connectivity index (χ3v) is 4.27. The lowest BCUT2D eigenvalue weighted by Crippen LogP contribution is -2.27. The number of carbonyl (C=O) groups excluding carboxylic acids is 2. The Hall–Kier alpha value is -2.89. The van der Waals surface area contributed by atoms with E-state index in [9.17, 15) is 9.59 Å². The van der Waals surface area contributed by atoms with Gasteiger partial charge in [-0.25, -0.2) is 0 Å². The number of rotatable bonds is 6. The Kier molecular flexibility index (Phi) is 4.97. The monoisotopic (exact) mass is 339 g/mol. The molecule has 0 bridgehead atoms. The Balaban J connectivity index is 1.53. The van der Waals surface area contributed by atoms with Crippen molar-refractivity contribution in [2.45, 2.75) is 19.9 Å². The van der Waals surface area contributed by atoms with Gasteiger partial charge in [0.2, 0.25) is 11.8 Å². The number of pyridine rings is 1. The molecule has 6 nitrogen and oxygen atoms in total. The molecule has 0 radical (unpaired) electrons. The van der Waals surface area contributed by atoms with Crippen LogP contribution >= 0.6 is 0 Å². The van der Waals surface area contributed by atoms with Crippen LogP contribution in [0.3, 0.4) is 0 Å². The summed E-state index contributed by atoms with van der Waals surface area (Å²) in [7, 11) is 1.56. The number of nitrogens with one attached hydrogen (secondary N) is 2. The lowest BCUT2D eigenvalue weighted by molar-refractivity contribution is -0.125. The van der Waals surface area contributed by atoms with Crippen molar-refractivity contribution in [2.24, 2.45) is 11.8 Å². The van der Waals surface area contributed by atoms with E-state index in [1.807, 2.05) is 37.3 Å². The van der Waals surface area contributed by atoms with E-state index in [2.05, 4.69) is 15.6 Å². The maximum atomic E-state index is 12.4. The Bertz CT molecular complexity index is 777. The lowest BCUT2D eigenvalue weighted by atomic mass is 10.2. The number of ether oxygens (including phenoxy) is 1. The Morgan fingerprint density at radius 1 is 1.24 bits per heavy atom. The summed E-state index contributed by atoms with van der Waals surface area (Å²) >= 11 is 0. The molecule has 2 atom stereocenters. The molecule has 1 aliphatic carbocycles. The predicted molar refractivity (Wildman–Crippen MR) is 94.0 cm³/mol. The number of benzene rings is 1. The van der Waals surface area contributed by atoms with Crippen LogP contribution < -0.4 is 15.4 Å². The van der Waals surface area contributed by atoms with Gasteiger partial charge in [0.05, 0.1) is 24.6 Å². The van der Waals surface area contributed by atoms with Crippen LogP contribution in [0.25, 0.3) is 0 Å². The minimum atomic E-state index is -0.292. The highest BCUT2D eigenvalue weighted by atomic mass is 16.5. The summed E-state index contributed by atoms with van der Waals surface area (Å²) in [5.74, 6) is -0.200. The van der Waals surface area contributed by atoms with Crippen molar-refractivity contribution in [1.29, 1.82) is 0 Å². The number of methoxy groups -OCH3 is 1. The van der Waals surface area contributed by atoms with Crippen molar-refractivity contribution in [1.82, 2.24) is 10.3 Å². The fourth-order valence-corrected chi connectivity index (χ4v) is 2.74. The minimum Gasteiger partial charge on any atom is -0.495 e. The van der Waals surface area contributed by atoms with Crippen LogP contribution in [0.2, 0.25) is 0 Å². The molecule has 3 rings (SSSR count). The SMILES string of the molecule is COc1ccc(C)cc1NC(=O)C1CC1C(=O)NCc1cccnc1. The van der Waals surface area contributed by atoms with Gasteiger partial charge in [0.25, 0.3) is 0 Å². The molecule has 2 N–H and O–H groups in total. The molecule has 0 aliphatic heterocycles. The lowest BCUT2D eigenvalue weighted by Gasteiger charge is -2.11. The summed E-state index contributed by atoms with van der Waals surface area (Å²) in [4.78, 5) is 28.6. The number of aromatic nitrogens is 1. The van der Waals surface area contributed by atoms with Crippen molar-refractivity contribution < 1.29 is 14.3 Å². The molecule has 2 aromatic rings. The topological polar surface area (TPSA) is 80.3 Å². The fraction of sp³-hybridized carbons (Fsp3) is 0.316. The van der Waals surface area contributed by atoms with E-state index in [-0.39, 0.29) is 23.7 Å². The molecule has 2 amide bonds. The number of hydrogen-bond acceptors (Lipinski definition) is 4. The molecule has 1 heterocycles. The van der Waals surface area contributed by atoms with Gasteiger partial charge in [-0.15, -0.1) is 0 Å². The molecule has 1 aliphatic rings. The van der Waals surface area contributed by atoms with E-state index < -0.39 is 0 Å². The molecular formula is C19H21N3O3. The number of hydrogen-bond donors (Lipinski definition) is 2. The molecule has 25 heavy (non-hydrogen) atoms. The zero-order chi connectivity index (χ0) is 17.8. The third-order valence-electron chi connectivity index (χ3n) is 4.27. The highest BCUT2D eigenvalue weighted by Crippen LogP contribution is 2.40. The molecule has 130 valence electrons. The Morgan fingerprint density at radius 2 is 2.04 bits per heavy atom. The van der Waals surface area contributed by atoms with Crippen molar-refractivity contribution in [3.63, 3.8) is 0 Å². The maximum Gasteiger partial charge on any atom is 0.228 e. The van der Waals surface area contributed by atoms with E-state index in [1.165, 1.54) is 0 Å². The van der Waals surface area contributed by atoms with E-state index in [0.717, 1.165) is 11.1 Å². The van der Waals surface area contributed by atoms with E-state index in [4.69, 9.17) is 4.74 Å². The average molecular weight is 339 g/mol. The summed E-state index contributed by atoms with van der Waals surface area (Å²) in [6.07, 6.45) is 3.96. The van der Waals surface area contributed by atoms with Gasteiger partial charge in [-0.05, 0) is 42.7 Å². The predicted octanol–water partition coefficient (Wildman–Crippen LogP) is 2.29. The van der Waals surface area contributed by atoms with Crippen LogP contribution in [0, 0.1) is 18.8 Å². The first kappa shape index (κ1) is 17.0. The summed E-state index contributed by atoms with van der Waals surface area (Å²) in [6.45, 7) is 2.37. The number of carbonyl (C=O) groups is 2. The molecular weight excluding hydrogens is 318 g/mol. The first-order valence-corrected chi connectivity index (χ1v) is 8.20. The summed E-state index contributed by atoms with van der Waals surface area (Å²) < 4.78 is 5.26. The van der Waals surface area contributed by atoms with Crippen LogP contribution in [0.1, 0.15) is 17.5 Å². The smallest absolute Gasteiger partial charge is 0.228 e. The highest BCUT2D eigenvalue weighted by Gasteiger charge is 2.48. The van der Waals surface area contributed by atoms with E-state index in [1.54, 1.807) is 19.5 Å². The average Bonchev–Trinajstić information content (AvgIpc) is 3.42. The second-order valence-corrected chi connectivity index (χ2v) is 6.22. The van der Waals surface area contributed by atoms with Gasteiger partial charge in [-0.1, -0.05) is 12.1 Å².